The summed E-state index contributed by atoms with van der Waals surface area (Å²) < 4.78 is 37.9. The van der Waals surface area contributed by atoms with Crippen LogP contribution in [0.25, 0.3) is 0 Å². The normalized spacial score (nSPS) is 11.8. The highest BCUT2D eigenvalue weighted by Crippen LogP contribution is 2.23. The number of nitrogen functional groups attached to an aromatic ring is 1. The summed E-state index contributed by atoms with van der Waals surface area (Å²) >= 11 is 1.84. The van der Waals surface area contributed by atoms with Gasteiger partial charge >= 0.3 is 0 Å². The molecular weight excluding hydrogens is 372 g/mol. The molecule has 8 heteroatoms. The summed E-state index contributed by atoms with van der Waals surface area (Å²) in [4.78, 5) is 0. The second-order valence-electron chi connectivity index (χ2n) is 3.88. The van der Waals surface area contributed by atoms with Crippen LogP contribution >= 0.6 is 22.6 Å². The Balaban J connectivity index is 2.68. The van der Waals surface area contributed by atoms with Crippen molar-refractivity contribution in [2.45, 2.75) is 0 Å². The number of nitrogens with one attached hydrogen (secondary N) is 1. The number of nitrogens with zero attached hydrogens (tertiary/aromatic N) is 1. The molecule has 1 aromatic rings. The molecule has 0 unspecified atom stereocenters. The third-order valence-corrected chi connectivity index (χ3v) is 4.98. The van der Waals surface area contributed by atoms with Crippen molar-refractivity contribution in [3.8, 4) is 0 Å². The van der Waals surface area contributed by atoms with Gasteiger partial charge in [-0.1, -0.05) is 0 Å². The van der Waals surface area contributed by atoms with Crippen LogP contribution in [0.2, 0.25) is 0 Å². The number of hydrogen-bond donors (Lipinski definition) is 2. The van der Waals surface area contributed by atoms with Crippen LogP contribution in [-0.2, 0) is 10.0 Å². The Hall–Kier alpha value is -0.610. The molecule has 5 nitrogen and oxygen atoms in total. The van der Waals surface area contributed by atoms with E-state index in [1.165, 1.54) is 26.2 Å². The lowest BCUT2D eigenvalue weighted by molar-refractivity contribution is 0.521. The first-order valence-electron chi connectivity index (χ1n) is 5.12. The van der Waals surface area contributed by atoms with Crippen molar-refractivity contribution >= 4 is 44.0 Å². The summed E-state index contributed by atoms with van der Waals surface area (Å²) in [6, 6.07) is 2.76. The number of rotatable bonds is 5. The maximum Gasteiger partial charge on any atom is 0.215 e. The maximum atomic E-state index is 13.3. The van der Waals surface area contributed by atoms with E-state index in [0.717, 1.165) is 4.31 Å². The molecule has 0 aliphatic heterocycles. The molecule has 0 aliphatic rings. The van der Waals surface area contributed by atoms with Crippen LogP contribution in [0.15, 0.2) is 12.1 Å². The number of nitrogens with two attached hydrogens (primary N) is 1. The lowest BCUT2D eigenvalue weighted by atomic mass is 10.2. The Labute approximate surface area is 120 Å². The Morgan fingerprint density at radius 3 is 2.61 bits per heavy atom. The molecule has 0 amide bonds. The molecule has 3 N–H and O–H groups in total. The highest BCUT2D eigenvalue weighted by Gasteiger charge is 2.13. The van der Waals surface area contributed by atoms with E-state index in [0.29, 0.717) is 14.9 Å². The van der Waals surface area contributed by atoms with E-state index in [1.807, 2.05) is 22.6 Å². The van der Waals surface area contributed by atoms with Gasteiger partial charge in [-0.15, -0.1) is 0 Å². The number of halogens is 2. The van der Waals surface area contributed by atoms with Crippen LogP contribution in [-0.4, -0.2) is 39.1 Å². The summed E-state index contributed by atoms with van der Waals surface area (Å²) in [6.07, 6.45) is 0. The second kappa shape index (κ2) is 6.02. The van der Waals surface area contributed by atoms with Crippen molar-refractivity contribution < 1.29 is 12.8 Å². The number of hydrogen-bond acceptors (Lipinski definition) is 4. The third-order valence-electron chi connectivity index (χ3n) is 2.32. The molecule has 0 saturated carbocycles. The number of anilines is 2. The minimum atomic E-state index is -3.26. The smallest absolute Gasteiger partial charge is 0.215 e. The molecule has 1 aromatic carbocycles. The zero-order valence-corrected chi connectivity index (χ0v) is 13.0. The molecule has 0 aromatic heterocycles. The molecule has 1 rings (SSSR count). The molecule has 0 spiro atoms. The first-order valence-corrected chi connectivity index (χ1v) is 7.81. The van der Waals surface area contributed by atoms with Crippen LogP contribution in [0, 0.1) is 9.39 Å². The minimum absolute atomic E-state index is 0.0763. The SMILES string of the molecule is CN(C)S(=O)(=O)CCNc1cc(F)c(I)cc1N. The van der Waals surface area contributed by atoms with Gasteiger partial charge in [-0.2, -0.15) is 0 Å². The van der Waals surface area contributed by atoms with Crippen LogP contribution in [0.3, 0.4) is 0 Å². The topological polar surface area (TPSA) is 75.4 Å². The van der Waals surface area contributed by atoms with Crippen LogP contribution in [0.5, 0.6) is 0 Å². The fourth-order valence-electron chi connectivity index (χ4n) is 1.21. The summed E-state index contributed by atoms with van der Waals surface area (Å²) in [5, 5.41) is 2.82. The predicted molar refractivity (Wildman–Crippen MR) is 79.5 cm³/mol. The van der Waals surface area contributed by atoms with Crippen LogP contribution in [0.1, 0.15) is 0 Å². The molecular formula is C10H15FIN3O2S. The minimum Gasteiger partial charge on any atom is -0.397 e. The first kappa shape index (κ1) is 15.4. The highest BCUT2D eigenvalue weighted by atomic mass is 127. The van der Waals surface area contributed by atoms with E-state index in [-0.39, 0.29) is 18.1 Å². The van der Waals surface area contributed by atoms with Crippen molar-refractivity contribution in [2.75, 3.05) is 37.4 Å². The summed E-state index contributed by atoms with van der Waals surface area (Å²) in [5.74, 6) is -0.463. The molecule has 0 fully saturated rings. The van der Waals surface area contributed by atoms with E-state index in [2.05, 4.69) is 5.32 Å². The summed E-state index contributed by atoms with van der Waals surface area (Å²) in [7, 11) is -0.332. The largest absolute Gasteiger partial charge is 0.397 e. The van der Waals surface area contributed by atoms with E-state index < -0.39 is 10.0 Å². The van der Waals surface area contributed by atoms with Gasteiger partial charge in [0, 0.05) is 26.7 Å². The fourth-order valence-corrected chi connectivity index (χ4v) is 2.43. The molecule has 0 saturated heterocycles. The molecule has 0 aliphatic carbocycles. The Morgan fingerprint density at radius 1 is 1.44 bits per heavy atom. The Bertz CT molecular complexity index is 534. The summed E-state index contributed by atoms with van der Waals surface area (Å²) in [5.41, 5.74) is 6.50. The monoisotopic (exact) mass is 387 g/mol. The zero-order chi connectivity index (χ0) is 13.9. The first-order chi connectivity index (χ1) is 8.24. The second-order valence-corrected chi connectivity index (χ2v) is 7.34. The summed E-state index contributed by atoms with van der Waals surface area (Å²) in [6.45, 7) is 0.171. The van der Waals surface area contributed by atoms with Crippen molar-refractivity contribution in [3.63, 3.8) is 0 Å². The molecule has 0 atom stereocenters. The van der Waals surface area contributed by atoms with Gasteiger partial charge in [0.1, 0.15) is 5.82 Å². The van der Waals surface area contributed by atoms with Crippen molar-refractivity contribution in [1.29, 1.82) is 0 Å². The standard InChI is InChI=1S/C10H15FIN3O2S/c1-15(2)18(16,17)4-3-14-10-5-7(11)8(12)6-9(10)13/h5-6,14H,3-4,13H2,1-2H3. The molecule has 18 heavy (non-hydrogen) atoms. The predicted octanol–water partition coefficient (Wildman–Crippen LogP) is 1.32. The van der Waals surface area contributed by atoms with Gasteiger partial charge in [0.15, 0.2) is 0 Å². The lowest BCUT2D eigenvalue weighted by Crippen LogP contribution is -2.28. The van der Waals surface area contributed by atoms with Gasteiger partial charge in [-0.05, 0) is 28.7 Å². The molecule has 0 radical (unpaired) electrons. The average molecular weight is 387 g/mol. The molecule has 0 heterocycles. The van der Waals surface area contributed by atoms with E-state index in [4.69, 9.17) is 5.73 Å². The number of sulfonamides is 1. The van der Waals surface area contributed by atoms with Gasteiger partial charge in [-0.3, -0.25) is 0 Å². The Morgan fingerprint density at radius 2 is 2.06 bits per heavy atom. The van der Waals surface area contributed by atoms with Crippen molar-refractivity contribution in [3.05, 3.63) is 21.5 Å². The van der Waals surface area contributed by atoms with Crippen molar-refractivity contribution in [1.82, 2.24) is 4.31 Å². The van der Waals surface area contributed by atoms with Gasteiger partial charge in [0.2, 0.25) is 10.0 Å². The lowest BCUT2D eigenvalue weighted by Gasteiger charge is -2.13. The van der Waals surface area contributed by atoms with Gasteiger partial charge in [0.25, 0.3) is 0 Å². The van der Waals surface area contributed by atoms with Crippen molar-refractivity contribution in [2.24, 2.45) is 0 Å². The maximum absolute atomic E-state index is 13.3. The van der Waals surface area contributed by atoms with Gasteiger partial charge in [0.05, 0.1) is 20.7 Å². The van der Waals surface area contributed by atoms with Gasteiger partial charge in [-0.25, -0.2) is 17.1 Å². The zero-order valence-electron chi connectivity index (χ0n) is 10.1. The fraction of sp³-hybridized carbons (Fsp3) is 0.400. The molecule has 102 valence electrons. The quantitative estimate of drug-likeness (QED) is 0.590. The number of benzene rings is 1. The Kier molecular flexibility index (Phi) is 5.17. The average Bonchev–Trinajstić information content (AvgIpc) is 2.25. The van der Waals surface area contributed by atoms with Gasteiger partial charge < -0.3 is 11.1 Å². The van der Waals surface area contributed by atoms with E-state index in [9.17, 15) is 12.8 Å². The van der Waals surface area contributed by atoms with E-state index in [1.54, 1.807) is 0 Å². The van der Waals surface area contributed by atoms with Crippen LogP contribution in [0.4, 0.5) is 15.8 Å². The third kappa shape index (κ3) is 3.95. The van der Waals surface area contributed by atoms with Crippen LogP contribution < -0.4 is 11.1 Å². The highest BCUT2D eigenvalue weighted by molar-refractivity contribution is 14.1. The van der Waals surface area contributed by atoms with E-state index >= 15 is 0 Å². The molecule has 0 bridgehead atoms.